The van der Waals surface area contributed by atoms with Gasteiger partial charge in [0.15, 0.2) is 42.9 Å². The van der Waals surface area contributed by atoms with Crippen molar-refractivity contribution in [3.8, 4) is 11.1 Å². The molecule has 0 radical (unpaired) electrons. The molecule has 5 rings (SSSR count). The van der Waals surface area contributed by atoms with E-state index in [0.29, 0.717) is 0 Å². The first kappa shape index (κ1) is 54.5. The molecule has 2 saturated heterocycles. The first-order valence-corrected chi connectivity index (χ1v) is 22.3. The number of ether oxygens (including phenoxy) is 11. The molecule has 1 aliphatic carbocycles. The summed E-state index contributed by atoms with van der Waals surface area (Å²) in [5, 5.41) is 11.9. The maximum Gasteiger partial charge on any atom is 0.323 e. The number of aliphatic hydroxyl groups is 1. The van der Waals surface area contributed by atoms with Gasteiger partial charge in [0, 0.05) is 54.4 Å². The van der Waals surface area contributed by atoms with Gasteiger partial charge in [-0.3, -0.25) is 43.2 Å². The number of amides is 1. The van der Waals surface area contributed by atoms with E-state index in [1.807, 2.05) is 48.5 Å². The molecule has 382 valence electrons. The monoisotopic (exact) mass is 985 g/mol. The highest BCUT2D eigenvalue weighted by Crippen LogP contribution is 2.45. The lowest BCUT2D eigenvalue weighted by molar-refractivity contribution is -0.318. The molecule has 2 aromatic rings. The molecule has 0 saturated carbocycles. The molecule has 2 fully saturated rings. The Hall–Kier alpha value is -6.49. The summed E-state index contributed by atoms with van der Waals surface area (Å²) in [6, 6.07) is 11.2. The highest BCUT2D eigenvalue weighted by molar-refractivity contribution is 5.95. The minimum atomic E-state index is -2.22. The van der Waals surface area contributed by atoms with Crippen LogP contribution in [0.4, 0.5) is 0 Å². The fourth-order valence-corrected chi connectivity index (χ4v) is 8.63. The molecular weight excluding hydrogens is 927 g/mol. The second kappa shape index (κ2) is 23.4. The maximum absolute atomic E-state index is 14.3. The van der Waals surface area contributed by atoms with E-state index < -0.39 is 152 Å². The van der Waals surface area contributed by atoms with E-state index in [-0.39, 0.29) is 6.61 Å². The number of fused-ring (bicyclic) bond motifs is 3. The summed E-state index contributed by atoms with van der Waals surface area (Å²) in [6.45, 7) is 9.18. The van der Waals surface area contributed by atoms with Crippen LogP contribution in [-0.2, 0) is 95.3 Å². The van der Waals surface area contributed by atoms with Gasteiger partial charge >= 0.3 is 47.8 Å². The first-order chi connectivity index (χ1) is 32.9. The fraction of sp³-hybridized carbons (Fsp3) is 0.562. The van der Waals surface area contributed by atoms with Crippen molar-refractivity contribution in [1.82, 2.24) is 4.90 Å². The lowest BCUT2D eigenvalue weighted by atomic mass is 9.89. The zero-order valence-electron chi connectivity index (χ0n) is 40.4. The topological polar surface area (TPSA) is 279 Å². The van der Waals surface area contributed by atoms with Gasteiger partial charge in [0.1, 0.15) is 49.7 Å². The van der Waals surface area contributed by atoms with Gasteiger partial charge in [-0.2, -0.15) is 0 Å². The molecule has 1 unspecified atom stereocenters. The predicted molar refractivity (Wildman–Crippen MR) is 235 cm³/mol. The van der Waals surface area contributed by atoms with Crippen molar-refractivity contribution in [3.63, 3.8) is 0 Å². The van der Waals surface area contributed by atoms with Crippen LogP contribution in [-0.4, -0.2) is 157 Å². The summed E-state index contributed by atoms with van der Waals surface area (Å²) in [4.78, 5) is 119. The SMILES string of the molecule is CC(=O)OC[C@H]1O[C@H](OCC(C(=O)OCC2c3ccccc3-c3ccccc32)C(=O)OC(C)(C)C)[C@@H](N(C(C)=O)[C@@H]2[C@@H](OC(C)=O)[C@H](OC(C)=O)[C@@H](COC(C)=O)O[C@H]2O)[C@@H](OC(C)=O)[C@@H]1OC(C)=O. The van der Waals surface area contributed by atoms with Gasteiger partial charge in [-0.15, -0.1) is 0 Å². The van der Waals surface area contributed by atoms with Crippen molar-refractivity contribution in [2.24, 2.45) is 5.92 Å². The van der Waals surface area contributed by atoms with Crippen LogP contribution in [0.25, 0.3) is 11.1 Å². The predicted octanol–water partition coefficient (Wildman–Crippen LogP) is 2.20. The first-order valence-electron chi connectivity index (χ1n) is 22.3. The number of hydrogen-bond acceptors (Lipinski definition) is 21. The Bertz CT molecular complexity index is 2240. The number of carbonyl (C=O) groups is 9. The normalized spacial score (nSPS) is 25.4. The Balaban J connectivity index is 1.63. The van der Waals surface area contributed by atoms with Crippen LogP contribution >= 0.6 is 0 Å². The number of aliphatic hydroxyl groups excluding tert-OH is 1. The Morgan fingerprint density at radius 1 is 0.571 bits per heavy atom. The molecule has 2 heterocycles. The molecule has 1 N–H and O–H groups in total. The van der Waals surface area contributed by atoms with Crippen molar-refractivity contribution < 1.29 is 100 Å². The second-order valence-electron chi connectivity index (χ2n) is 17.7. The van der Waals surface area contributed by atoms with Gasteiger partial charge in [-0.05, 0) is 43.0 Å². The highest BCUT2D eigenvalue weighted by Gasteiger charge is 2.60. The summed E-state index contributed by atoms with van der Waals surface area (Å²) < 4.78 is 62.9. The largest absolute Gasteiger partial charge is 0.464 e. The molecule has 0 bridgehead atoms. The van der Waals surface area contributed by atoms with Crippen LogP contribution in [0.1, 0.15) is 86.3 Å². The fourth-order valence-electron chi connectivity index (χ4n) is 8.63. The number of rotatable bonds is 17. The Morgan fingerprint density at radius 3 is 1.46 bits per heavy atom. The van der Waals surface area contributed by atoms with Crippen molar-refractivity contribution in [1.29, 1.82) is 0 Å². The van der Waals surface area contributed by atoms with Crippen LogP contribution in [0.15, 0.2) is 48.5 Å². The quantitative estimate of drug-likeness (QED) is 0.135. The Kier molecular flexibility index (Phi) is 18.2. The minimum absolute atomic E-state index is 0.227. The molecule has 0 spiro atoms. The van der Waals surface area contributed by atoms with Gasteiger partial charge in [0.2, 0.25) is 5.91 Å². The van der Waals surface area contributed by atoms with Crippen molar-refractivity contribution in [2.45, 2.75) is 142 Å². The van der Waals surface area contributed by atoms with Crippen LogP contribution < -0.4 is 0 Å². The molecular formula is C48H59NO21. The van der Waals surface area contributed by atoms with Crippen LogP contribution in [0.2, 0.25) is 0 Å². The second-order valence-corrected chi connectivity index (χ2v) is 17.7. The molecule has 0 aromatic heterocycles. The third kappa shape index (κ3) is 13.6. The third-order valence-corrected chi connectivity index (χ3v) is 11.1. The van der Waals surface area contributed by atoms with E-state index in [0.717, 1.165) is 75.6 Å². The Labute approximate surface area is 403 Å². The lowest BCUT2D eigenvalue weighted by Crippen LogP contribution is -2.74. The van der Waals surface area contributed by atoms with Crippen molar-refractivity contribution >= 4 is 53.7 Å². The van der Waals surface area contributed by atoms with Gasteiger partial charge in [0.05, 0.1) is 6.61 Å². The van der Waals surface area contributed by atoms with E-state index in [1.54, 1.807) is 20.8 Å². The zero-order valence-corrected chi connectivity index (χ0v) is 40.4. The third-order valence-electron chi connectivity index (χ3n) is 11.1. The minimum Gasteiger partial charge on any atom is -0.464 e. The molecule has 70 heavy (non-hydrogen) atoms. The number of esters is 8. The van der Waals surface area contributed by atoms with E-state index in [4.69, 9.17) is 52.1 Å². The highest BCUT2D eigenvalue weighted by atomic mass is 16.7. The van der Waals surface area contributed by atoms with Gasteiger partial charge in [-0.1, -0.05) is 48.5 Å². The molecule has 11 atom stereocenters. The number of carbonyl (C=O) groups excluding carboxylic acids is 9. The standard InChI is InChI=1S/C48H59NO21/c1-23(50)49(38-42(66-28(6)55)40(64-26(4)53)36(68-46(38)59)21-60-24(2)51)39-43(67-29(7)56)41(65-27(5)54)37(22-61-25(3)52)69-47(39)63-20-35(45(58)70-48(8,9)10)44(57)62-19-34-32-17-13-11-15-30(32)31-16-12-14-18-33(31)34/h11-18,34-43,46-47,59H,19-22H2,1-10H3/t35?,36-,37-,38-,39+,40-,41-,42-,43-,46-,47+/m1/s1. The maximum atomic E-state index is 14.3. The van der Waals surface area contributed by atoms with Crippen LogP contribution in [0, 0.1) is 5.92 Å². The Morgan fingerprint density at radius 2 is 1.01 bits per heavy atom. The molecule has 2 aliphatic heterocycles. The molecule has 22 heteroatoms. The van der Waals surface area contributed by atoms with Gasteiger partial charge < -0.3 is 62.1 Å². The smallest absolute Gasteiger partial charge is 0.323 e. The zero-order chi connectivity index (χ0) is 51.8. The van der Waals surface area contributed by atoms with Gasteiger partial charge in [-0.25, -0.2) is 0 Å². The van der Waals surface area contributed by atoms with E-state index in [9.17, 15) is 48.3 Å². The number of hydrogen-bond donors (Lipinski definition) is 1. The van der Waals surface area contributed by atoms with Gasteiger partial charge in [0.25, 0.3) is 0 Å². The van der Waals surface area contributed by atoms with Crippen LogP contribution in [0.5, 0.6) is 0 Å². The summed E-state index contributed by atoms with van der Waals surface area (Å²) in [5.41, 5.74) is 2.45. The summed E-state index contributed by atoms with van der Waals surface area (Å²) in [6.07, 6.45) is -14.6. The average Bonchev–Trinajstić information content (AvgIpc) is 3.57. The van der Waals surface area contributed by atoms with E-state index in [1.165, 1.54) is 0 Å². The lowest BCUT2D eigenvalue weighted by Gasteiger charge is -2.53. The summed E-state index contributed by atoms with van der Waals surface area (Å²) >= 11 is 0. The van der Waals surface area contributed by atoms with Crippen molar-refractivity contribution in [2.75, 3.05) is 26.4 Å². The molecule has 2 aromatic carbocycles. The summed E-state index contributed by atoms with van der Waals surface area (Å²) in [7, 11) is 0. The molecule has 3 aliphatic rings. The summed E-state index contributed by atoms with van der Waals surface area (Å²) in [5.74, 6) is -11.2. The van der Waals surface area contributed by atoms with E-state index in [2.05, 4.69) is 0 Å². The van der Waals surface area contributed by atoms with Crippen molar-refractivity contribution in [3.05, 3.63) is 59.7 Å². The average molecular weight is 986 g/mol. The van der Waals surface area contributed by atoms with Crippen LogP contribution in [0.3, 0.4) is 0 Å². The number of benzene rings is 2. The molecule has 1 amide bonds. The van der Waals surface area contributed by atoms with E-state index >= 15 is 0 Å². The number of nitrogens with zero attached hydrogens (tertiary/aromatic N) is 1. The molecule has 22 nitrogen and oxygen atoms in total.